The van der Waals surface area contributed by atoms with Gasteiger partial charge < -0.3 is 14.8 Å². The third-order valence-electron chi connectivity index (χ3n) is 4.92. The molecule has 1 aliphatic rings. The Morgan fingerprint density at radius 1 is 1.03 bits per heavy atom. The van der Waals surface area contributed by atoms with Gasteiger partial charge in [-0.1, -0.05) is 48.5 Å². The highest BCUT2D eigenvalue weighted by molar-refractivity contribution is 7.80. The zero-order chi connectivity index (χ0) is 21.1. The van der Waals surface area contributed by atoms with Gasteiger partial charge in [0.2, 0.25) is 0 Å². The van der Waals surface area contributed by atoms with Gasteiger partial charge in [0.25, 0.3) is 5.91 Å². The standard InChI is InChI=1S/C24H22N2O3S/c1-3-28-22-14-16(13-20-23(27)26(2)24(30)25-20)11-12-21(22)29-15-18-9-6-8-17-7-4-5-10-19(17)18/h4-14H,3,15H2,1-2H3,(H,25,30)/b20-13-. The molecule has 1 N–H and O–H groups in total. The minimum atomic E-state index is -0.158. The van der Waals surface area contributed by atoms with Gasteiger partial charge in [-0.15, -0.1) is 0 Å². The summed E-state index contributed by atoms with van der Waals surface area (Å²) in [5, 5.41) is 5.68. The molecule has 0 radical (unpaired) electrons. The summed E-state index contributed by atoms with van der Waals surface area (Å²) < 4.78 is 11.9. The van der Waals surface area contributed by atoms with Crippen molar-refractivity contribution in [2.75, 3.05) is 13.7 Å². The van der Waals surface area contributed by atoms with E-state index in [9.17, 15) is 4.79 Å². The Bertz CT molecular complexity index is 1150. The highest BCUT2D eigenvalue weighted by Crippen LogP contribution is 2.31. The fourth-order valence-corrected chi connectivity index (χ4v) is 3.56. The monoisotopic (exact) mass is 418 g/mol. The summed E-state index contributed by atoms with van der Waals surface area (Å²) in [7, 11) is 1.65. The summed E-state index contributed by atoms with van der Waals surface area (Å²) in [6.45, 7) is 2.87. The average molecular weight is 419 g/mol. The van der Waals surface area contributed by atoms with Gasteiger partial charge in [0.05, 0.1) is 6.61 Å². The number of carbonyl (C=O) groups is 1. The zero-order valence-electron chi connectivity index (χ0n) is 16.8. The maximum Gasteiger partial charge on any atom is 0.276 e. The molecule has 1 fully saturated rings. The minimum absolute atomic E-state index is 0.158. The lowest BCUT2D eigenvalue weighted by Gasteiger charge is -2.14. The van der Waals surface area contributed by atoms with Gasteiger partial charge in [-0.2, -0.15) is 0 Å². The van der Waals surface area contributed by atoms with E-state index in [0.717, 1.165) is 11.1 Å². The molecule has 0 aliphatic carbocycles. The molecule has 1 aliphatic heterocycles. The van der Waals surface area contributed by atoms with Crippen LogP contribution < -0.4 is 14.8 Å². The molecule has 152 valence electrons. The predicted molar refractivity (Wildman–Crippen MR) is 122 cm³/mol. The van der Waals surface area contributed by atoms with E-state index in [4.69, 9.17) is 21.7 Å². The molecule has 0 atom stereocenters. The minimum Gasteiger partial charge on any atom is -0.490 e. The topological polar surface area (TPSA) is 50.8 Å². The number of nitrogens with one attached hydrogen (secondary N) is 1. The van der Waals surface area contributed by atoms with Crippen molar-refractivity contribution in [3.8, 4) is 11.5 Å². The number of carbonyl (C=O) groups excluding carboxylic acids is 1. The Kier molecular flexibility index (Phi) is 5.68. The summed E-state index contributed by atoms with van der Waals surface area (Å²) in [5.74, 6) is 1.13. The van der Waals surface area contributed by atoms with E-state index in [-0.39, 0.29) is 5.91 Å². The summed E-state index contributed by atoms with van der Waals surface area (Å²) >= 11 is 5.12. The van der Waals surface area contributed by atoms with Crippen LogP contribution in [0, 0.1) is 0 Å². The molecule has 3 aromatic rings. The fourth-order valence-electron chi connectivity index (χ4n) is 3.37. The summed E-state index contributed by atoms with van der Waals surface area (Å²) in [6, 6.07) is 20.1. The summed E-state index contributed by atoms with van der Waals surface area (Å²) in [5.41, 5.74) is 2.37. The molecule has 6 heteroatoms. The number of ether oxygens (including phenoxy) is 2. The molecule has 5 nitrogen and oxygen atoms in total. The van der Waals surface area contributed by atoms with Gasteiger partial charge in [-0.05, 0) is 59.2 Å². The summed E-state index contributed by atoms with van der Waals surface area (Å²) in [4.78, 5) is 13.6. The van der Waals surface area contributed by atoms with Crippen LogP contribution in [-0.2, 0) is 11.4 Å². The first-order chi connectivity index (χ1) is 14.6. The first-order valence-corrected chi connectivity index (χ1v) is 10.1. The molecule has 0 bridgehead atoms. The number of nitrogens with zero attached hydrogens (tertiary/aromatic N) is 1. The SMILES string of the molecule is CCOc1cc(/C=C2\NC(=S)N(C)C2=O)ccc1OCc1cccc2ccccc12. The zero-order valence-corrected chi connectivity index (χ0v) is 17.7. The molecular weight excluding hydrogens is 396 g/mol. The normalized spacial score (nSPS) is 15.0. The maximum atomic E-state index is 12.2. The molecule has 1 amide bonds. The Hall–Kier alpha value is -3.38. The molecule has 3 aromatic carbocycles. The van der Waals surface area contributed by atoms with E-state index in [0.29, 0.717) is 35.5 Å². The lowest BCUT2D eigenvalue weighted by Crippen LogP contribution is -2.25. The highest BCUT2D eigenvalue weighted by atomic mass is 32.1. The van der Waals surface area contributed by atoms with Crippen molar-refractivity contribution in [3.63, 3.8) is 0 Å². The van der Waals surface area contributed by atoms with E-state index in [1.165, 1.54) is 15.7 Å². The number of hydrogen-bond donors (Lipinski definition) is 1. The van der Waals surface area contributed by atoms with Crippen LogP contribution in [0.1, 0.15) is 18.1 Å². The molecular formula is C24H22N2O3S. The number of fused-ring (bicyclic) bond motifs is 1. The van der Waals surface area contributed by atoms with E-state index in [1.807, 2.05) is 43.3 Å². The van der Waals surface area contributed by atoms with Crippen molar-refractivity contribution in [3.05, 3.63) is 77.5 Å². The third kappa shape index (κ3) is 4.00. The fraction of sp³-hybridized carbons (Fsp3) is 0.167. The van der Waals surface area contributed by atoms with E-state index in [2.05, 4.69) is 29.6 Å². The van der Waals surface area contributed by atoms with Gasteiger partial charge in [-0.3, -0.25) is 9.69 Å². The van der Waals surface area contributed by atoms with Crippen molar-refractivity contribution in [1.82, 2.24) is 10.2 Å². The van der Waals surface area contributed by atoms with Crippen LogP contribution in [0.2, 0.25) is 0 Å². The van der Waals surface area contributed by atoms with Crippen molar-refractivity contribution in [1.29, 1.82) is 0 Å². The molecule has 30 heavy (non-hydrogen) atoms. The van der Waals surface area contributed by atoms with Gasteiger partial charge in [0.1, 0.15) is 12.3 Å². The molecule has 1 heterocycles. The van der Waals surface area contributed by atoms with Crippen molar-refractivity contribution in [2.24, 2.45) is 0 Å². The van der Waals surface area contributed by atoms with E-state index < -0.39 is 0 Å². The van der Waals surface area contributed by atoms with Crippen LogP contribution in [0.25, 0.3) is 16.8 Å². The quantitative estimate of drug-likeness (QED) is 0.472. The van der Waals surface area contributed by atoms with Crippen LogP contribution >= 0.6 is 12.2 Å². The Balaban J connectivity index is 1.58. The second-order valence-corrected chi connectivity index (χ2v) is 7.31. The molecule has 0 aromatic heterocycles. The van der Waals surface area contributed by atoms with Crippen molar-refractivity contribution in [2.45, 2.75) is 13.5 Å². The van der Waals surface area contributed by atoms with Crippen LogP contribution in [0.3, 0.4) is 0 Å². The van der Waals surface area contributed by atoms with Crippen LogP contribution in [0.15, 0.2) is 66.4 Å². The van der Waals surface area contributed by atoms with Gasteiger partial charge in [0, 0.05) is 7.05 Å². The Labute approximate surface area is 180 Å². The van der Waals surface area contributed by atoms with Gasteiger partial charge in [0.15, 0.2) is 16.6 Å². The van der Waals surface area contributed by atoms with Crippen molar-refractivity contribution < 1.29 is 14.3 Å². The highest BCUT2D eigenvalue weighted by Gasteiger charge is 2.27. The molecule has 1 saturated heterocycles. The number of rotatable bonds is 6. The van der Waals surface area contributed by atoms with Gasteiger partial charge >= 0.3 is 0 Å². The largest absolute Gasteiger partial charge is 0.490 e. The van der Waals surface area contributed by atoms with Crippen LogP contribution in [-0.4, -0.2) is 29.6 Å². The number of thiocarbonyl (C=S) groups is 1. The van der Waals surface area contributed by atoms with E-state index >= 15 is 0 Å². The second kappa shape index (κ2) is 8.55. The number of likely N-dealkylation sites (N-methyl/N-ethyl adjacent to an activating group) is 1. The molecule has 0 unspecified atom stereocenters. The molecule has 0 saturated carbocycles. The average Bonchev–Trinajstić information content (AvgIpc) is 3.00. The molecule has 4 rings (SSSR count). The first-order valence-electron chi connectivity index (χ1n) is 9.74. The first kappa shape index (κ1) is 19.9. The number of hydrogen-bond acceptors (Lipinski definition) is 4. The third-order valence-corrected chi connectivity index (χ3v) is 5.30. The maximum absolute atomic E-state index is 12.2. The van der Waals surface area contributed by atoms with Crippen LogP contribution in [0.5, 0.6) is 11.5 Å². The summed E-state index contributed by atoms with van der Waals surface area (Å²) in [6.07, 6.45) is 1.76. The number of amides is 1. The smallest absolute Gasteiger partial charge is 0.276 e. The van der Waals surface area contributed by atoms with Crippen molar-refractivity contribution >= 4 is 40.1 Å². The van der Waals surface area contributed by atoms with E-state index in [1.54, 1.807) is 13.1 Å². The van der Waals surface area contributed by atoms with Gasteiger partial charge in [-0.25, -0.2) is 0 Å². The lowest BCUT2D eigenvalue weighted by molar-refractivity contribution is -0.121. The molecule has 0 spiro atoms. The Morgan fingerprint density at radius 2 is 1.83 bits per heavy atom. The second-order valence-electron chi connectivity index (χ2n) is 6.92. The Morgan fingerprint density at radius 3 is 2.60 bits per heavy atom. The predicted octanol–water partition coefficient (Wildman–Crippen LogP) is 4.50. The lowest BCUT2D eigenvalue weighted by atomic mass is 10.1. The van der Waals surface area contributed by atoms with Crippen LogP contribution in [0.4, 0.5) is 0 Å². The number of benzene rings is 3.